The molecule has 1 fully saturated rings. The topological polar surface area (TPSA) is 111 Å². The summed E-state index contributed by atoms with van der Waals surface area (Å²) in [4.78, 5) is 33.2. The van der Waals surface area contributed by atoms with Gasteiger partial charge in [-0.2, -0.15) is 0 Å². The molecule has 35 heavy (non-hydrogen) atoms. The lowest BCUT2D eigenvalue weighted by atomic mass is 10.2. The van der Waals surface area contributed by atoms with Crippen molar-refractivity contribution in [2.45, 2.75) is 37.1 Å². The molecule has 5 rings (SSSR count). The van der Waals surface area contributed by atoms with Crippen LogP contribution in [0.1, 0.15) is 21.7 Å². The van der Waals surface area contributed by atoms with Crippen molar-refractivity contribution in [3.8, 4) is 5.75 Å². The van der Waals surface area contributed by atoms with Gasteiger partial charge < -0.3 is 19.7 Å². The summed E-state index contributed by atoms with van der Waals surface area (Å²) in [5, 5.41) is 11.3. The van der Waals surface area contributed by atoms with E-state index in [1.807, 2.05) is 37.4 Å². The number of amides is 2. The highest BCUT2D eigenvalue weighted by atomic mass is 32.2. The number of carbonyl (C=O) groups excluding carboxylic acids is 2. The highest BCUT2D eigenvalue weighted by Gasteiger charge is 2.37. The van der Waals surface area contributed by atoms with Crippen molar-refractivity contribution in [2.75, 3.05) is 25.4 Å². The zero-order valence-corrected chi connectivity index (χ0v) is 20.1. The molecule has 0 radical (unpaired) electrons. The van der Waals surface area contributed by atoms with E-state index in [1.165, 1.54) is 11.8 Å². The SMILES string of the molecule is Cc1ccccc1SCC(=O)N1C[C@@H]2NC(=O)c3ncccc3OCCn3cc(nn3)CO[C@H]2C1. The maximum Gasteiger partial charge on any atom is 0.274 e. The van der Waals surface area contributed by atoms with E-state index in [0.29, 0.717) is 43.4 Å². The maximum absolute atomic E-state index is 13.1. The van der Waals surface area contributed by atoms with Crippen LogP contribution in [0.25, 0.3) is 0 Å². The van der Waals surface area contributed by atoms with Crippen molar-refractivity contribution in [3.05, 3.63) is 65.7 Å². The van der Waals surface area contributed by atoms with Gasteiger partial charge in [0.25, 0.3) is 5.91 Å². The number of fused-ring (bicyclic) bond motifs is 4. The van der Waals surface area contributed by atoms with Crippen LogP contribution in [0.4, 0.5) is 0 Å². The minimum Gasteiger partial charge on any atom is -0.489 e. The lowest BCUT2D eigenvalue weighted by Gasteiger charge is -2.20. The third-order valence-corrected chi connectivity index (χ3v) is 7.14. The van der Waals surface area contributed by atoms with Gasteiger partial charge in [-0.15, -0.1) is 16.9 Å². The Bertz CT molecular complexity index is 1220. The minimum atomic E-state index is -0.400. The van der Waals surface area contributed by atoms with Crippen LogP contribution in [0.2, 0.25) is 0 Å². The Morgan fingerprint density at radius 2 is 2.11 bits per heavy atom. The number of aromatic nitrogens is 4. The lowest BCUT2D eigenvalue weighted by Crippen LogP contribution is -2.44. The van der Waals surface area contributed by atoms with E-state index >= 15 is 0 Å². The Hall–Kier alpha value is -3.44. The molecule has 0 aliphatic carbocycles. The smallest absolute Gasteiger partial charge is 0.274 e. The van der Waals surface area contributed by atoms with Gasteiger partial charge in [0.2, 0.25) is 5.91 Å². The van der Waals surface area contributed by atoms with Gasteiger partial charge in [-0.05, 0) is 30.7 Å². The van der Waals surface area contributed by atoms with Crippen LogP contribution < -0.4 is 10.1 Å². The first-order valence-corrected chi connectivity index (χ1v) is 12.4. The van der Waals surface area contributed by atoms with Crippen LogP contribution in [0.3, 0.4) is 0 Å². The Kier molecular flexibility index (Phi) is 6.96. The molecule has 0 spiro atoms. The van der Waals surface area contributed by atoms with E-state index < -0.39 is 12.1 Å². The average molecular weight is 495 g/mol. The molecule has 1 aromatic carbocycles. The molecule has 2 bridgehead atoms. The Morgan fingerprint density at radius 1 is 1.23 bits per heavy atom. The fraction of sp³-hybridized carbons (Fsp3) is 0.375. The van der Waals surface area contributed by atoms with E-state index in [9.17, 15) is 9.59 Å². The largest absolute Gasteiger partial charge is 0.489 e. The van der Waals surface area contributed by atoms with Gasteiger partial charge in [-0.25, -0.2) is 9.67 Å². The second-order valence-corrected chi connectivity index (χ2v) is 9.47. The summed E-state index contributed by atoms with van der Waals surface area (Å²) < 4.78 is 13.6. The third-order valence-electron chi connectivity index (χ3n) is 5.98. The molecule has 2 aliphatic heterocycles. The first-order chi connectivity index (χ1) is 17.1. The number of likely N-dealkylation sites (tertiary alicyclic amines) is 1. The molecule has 4 heterocycles. The van der Waals surface area contributed by atoms with Crippen molar-refractivity contribution in [1.29, 1.82) is 0 Å². The second kappa shape index (κ2) is 10.4. The van der Waals surface area contributed by atoms with Gasteiger partial charge in [-0.1, -0.05) is 23.4 Å². The monoisotopic (exact) mass is 494 g/mol. The molecule has 0 saturated carbocycles. The number of nitrogens with zero attached hydrogens (tertiary/aromatic N) is 5. The van der Waals surface area contributed by atoms with Gasteiger partial charge in [-0.3, -0.25) is 9.59 Å². The van der Waals surface area contributed by atoms with Crippen LogP contribution in [0.15, 0.2) is 53.7 Å². The third kappa shape index (κ3) is 5.46. The summed E-state index contributed by atoms with van der Waals surface area (Å²) in [6, 6.07) is 11.0. The van der Waals surface area contributed by atoms with Crippen LogP contribution in [-0.4, -0.2) is 74.3 Å². The lowest BCUT2D eigenvalue weighted by molar-refractivity contribution is -0.127. The van der Waals surface area contributed by atoms with E-state index in [0.717, 1.165) is 10.5 Å². The van der Waals surface area contributed by atoms with Crippen molar-refractivity contribution in [1.82, 2.24) is 30.2 Å². The minimum absolute atomic E-state index is 0.00526. The highest BCUT2D eigenvalue weighted by molar-refractivity contribution is 8.00. The summed E-state index contributed by atoms with van der Waals surface area (Å²) in [6.07, 6.45) is 2.96. The first-order valence-electron chi connectivity index (χ1n) is 11.4. The molecular weight excluding hydrogens is 468 g/mol. The summed E-state index contributed by atoms with van der Waals surface area (Å²) in [5.74, 6) is 0.330. The van der Waals surface area contributed by atoms with Crippen molar-refractivity contribution < 1.29 is 19.1 Å². The van der Waals surface area contributed by atoms with E-state index in [-0.39, 0.29) is 24.1 Å². The number of carbonyl (C=O) groups is 2. The quantitative estimate of drug-likeness (QED) is 0.548. The van der Waals surface area contributed by atoms with Crippen molar-refractivity contribution in [2.24, 2.45) is 0 Å². The molecule has 2 aliphatic rings. The molecule has 2 aromatic heterocycles. The van der Waals surface area contributed by atoms with Crippen molar-refractivity contribution in [3.63, 3.8) is 0 Å². The predicted molar refractivity (Wildman–Crippen MR) is 128 cm³/mol. The number of hydrogen-bond donors (Lipinski definition) is 1. The molecule has 1 N–H and O–H groups in total. The molecule has 1 saturated heterocycles. The van der Waals surface area contributed by atoms with Crippen LogP contribution in [-0.2, 0) is 22.7 Å². The number of benzene rings is 1. The summed E-state index contributed by atoms with van der Waals surface area (Å²) in [5.41, 5.74) is 2.01. The zero-order chi connectivity index (χ0) is 24.2. The van der Waals surface area contributed by atoms with E-state index in [4.69, 9.17) is 9.47 Å². The molecule has 182 valence electrons. The first kappa shape index (κ1) is 23.3. The van der Waals surface area contributed by atoms with Gasteiger partial charge >= 0.3 is 0 Å². The van der Waals surface area contributed by atoms with Crippen LogP contribution in [0, 0.1) is 6.92 Å². The number of aryl methyl sites for hydroxylation is 1. The summed E-state index contributed by atoms with van der Waals surface area (Å²) in [6.45, 7) is 3.75. The van der Waals surface area contributed by atoms with Crippen molar-refractivity contribution >= 4 is 23.6 Å². The standard InChI is InChI=1S/C24H26N6O4S/c1-16-5-2-3-7-21(16)35-15-22(31)29-12-18-20(13-29)34-14-17-11-30(28-27-17)9-10-33-19-6-4-8-25-23(19)24(32)26-18/h2-8,11,18,20H,9-10,12-15H2,1H3,(H,26,32)/t18-,20-/m0/s1. The molecule has 11 heteroatoms. The van der Waals surface area contributed by atoms with Crippen LogP contribution in [0.5, 0.6) is 5.75 Å². The fourth-order valence-corrected chi connectivity index (χ4v) is 5.04. The van der Waals surface area contributed by atoms with E-state index in [2.05, 4.69) is 20.6 Å². The van der Waals surface area contributed by atoms with E-state index in [1.54, 1.807) is 27.9 Å². The fourth-order valence-electron chi connectivity index (χ4n) is 4.10. The molecule has 10 nitrogen and oxygen atoms in total. The van der Waals surface area contributed by atoms with Gasteiger partial charge in [0.05, 0.1) is 37.2 Å². The molecule has 2 atom stereocenters. The highest BCUT2D eigenvalue weighted by Crippen LogP contribution is 2.24. The second-order valence-electron chi connectivity index (χ2n) is 8.45. The molecule has 3 aromatic rings. The summed E-state index contributed by atoms with van der Waals surface area (Å²) >= 11 is 1.51. The molecular formula is C24H26N6O4S. The number of thioether (sulfide) groups is 1. The normalized spacial score (nSPS) is 20.3. The zero-order valence-electron chi connectivity index (χ0n) is 19.3. The number of ether oxygens (including phenoxy) is 2. The number of rotatable bonds is 3. The predicted octanol–water partition coefficient (Wildman–Crippen LogP) is 1.69. The maximum atomic E-state index is 13.1. The molecule has 0 unspecified atom stereocenters. The number of nitrogens with one attached hydrogen (secondary N) is 1. The summed E-state index contributed by atoms with van der Waals surface area (Å²) in [7, 11) is 0. The van der Waals surface area contributed by atoms with Gasteiger partial charge in [0.1, 0.15) is 12.3 Å². The van der Waals surface area contributed by atoms with Crippen LogP contribution >= 0.6 is 11.8 Å². The van der Waals surface area contributed by atoms with Gasteiger partial charge in [0, 0.05) is 24.2 Å². The Labute approximate surface area is 207 Å². The Balaban J connectivity index is 1.33. The Morgan fingerprint density at radius 3 is 3.00 bits per heavy atom. The number of pyridine rings is 1. The molecule has 2 amide bonds. The van der Waals surface area contributed by atoms with Gasteiger partial charge in [0.15, 0.2) is 11.4 Å². The average Bonchev–Trinajstić information content (AvgIpc) is 3.48. The number of hydrogen-bond acceptors (Lipinski definition) is 8.